The van der Waals surface area contributed by atoms with E-state index in [-0.39, 0.29) is 83.3 Å². The second-order valence-corrected chi connectivity index (χ2v) is 5.02. The van der Waals surface area contributed by atoms with Gasteiger partial charge in [0, 0.05) is 61.0 Å². The van der Waals surface area contributed by atoms with Crippen LogP contribution in [0.3, 0.4) is 0 Å². The Morgan fingerprint density at radius 3 is 0.621 bits per heavy atom. The molecule has 0 aromatic rings. The van der Waals surface area contributed by atoms with Gasteiger partial charge in [-0.25, -0.2) is 0 Å². The van der Waals surface area contributed by atoms with E-state index in [4.69, 9.17) is 30.6 Å². The van der Waals surface area contributed by atoms with E-state index < -0.39 is 0 Å². The summed E-state index contributed by atoms with van der Waals surface area (Å²) in [5.74, 6) is 0. The molecule has 12 nitrogen and oxygen atoms in total. The normalized spacial score (nSPS) is 8.48. The summed E-state index contributed by atoms with van der Waals surface area (Å²) in [4.78, 5) is 3.58. The van der Waals surface area contributed by atoms with Crippen molar-refractivity contribution in [3.63, 3.8) is 0 Å². The van der Waals surface area contributed by atoms with Crippen LogP contribution >= 0.6 is 0 Å². The first kappa shape index (κ1) is 51.7. The van der Waals surface area contributed by atoms with Gasteiger partial charge < -0.3 is 52.5 Å². The fraction of sp³-hybridized carbons (Fsp3) is 1.00. The predicted molar refractivity (Wildman–Crippen MR) is 110 cm³/mol. The Balaban J connectivity index is -0.0000000374. The zero-order valence-corrected chi connectivity index (χ0v) is 19.5. The monoisotopic (exact) mass is 476 g/mol. The molecule has 0 aromatic heterocycles. The summed E-state index contributed by atoms with van der Waals surface area (Å²) in [5.41, 5.74) is 0. The van der Waals surface area contributed by atoms with Gasteiger partial charge in [0.1, 0.15) is 0 Å². The summed E-state index contributed by atoms with van der Waals surface area (Å²) in [7, 11) is 0. The molecule has 0 aromatic carbocycles. The molecule has 0 saturated heterocycles. The zero-order chi connectivity index (χ0) is 19.1. The zero-order valence-electron chi connectivity index (χ0n) is 18.0. The maximum absolute atomic E-state index is 8.48. The van der Waals surface area contributed by atoms with Gasteiger partial charge in [0.05, 0.1) is 39.6 Å². The van der Waals surface area contributed by atoms with Crippen molar-refractivity contribution >= 4 is 0 Å². The minimum Gasteiger partial charge on any atom is -0.412 e. The second-order valence-electron chi connectivity index (χ2n) is 5.02. The van der Waals surface area contributed by atoms with Crippen LogP contribution in [0.15, 0.2) is 0 Å². The van der Waals surface area contributed by atoms with Crippen LogP contribution in [0, 0.1) is 0 Å². The first-order valence-electron chi connectivity index (χ1n) is 8.71. The van der Waals surface area contributed by atoms with Gasteiger partial charge in [-0.15, -0.1) is 0 Å². The van der Waals surface area contributed by atoms with E-state index in [2.05, 4.69) is 13.8 Å². The number of unbranched alkanes of at least 4 members (excludes halogenated alkanes) is 1. The Hall–Kier alpha value is 0.234. The summed E-state index contributed by atoms with van der Waals surface area (Å²) in [5, 5.41) is 50.9. The third kappa shape index (κ3) is 52.5. The number of aliphatic hydroxyl groups is 6. The maximum atomic E-state index is 8.48. The van der Waals surface area contributed by atoms with Gasteiger partial charge in [-0.1, -0.05) is 26.7 Å². The smallest absolute Gasteiger partial charge is 0.0558 e. The van der Waals surface area contributed by atoms with Crippen molar-refractivity contribution in [1.29, 1.82) is 0 Å². The number of hydrogen-bond donors (Lipinski definition) is 6. The maximum Gasteiger partial charge on any atom is 0.0558 e. The molecule has 13 heteroatoms. The molecule has 0 aliphatic heterocycles. The van der Waals surface area contributed by atoms with E-state index in [0.29, 0.717) is 39.3 Å². The van der Waals surface area contributed by atoms with Gasteiger partial charge in [0.2, 0.25) is 0 Å². The Morgan fingerprint density at radius 2 is 0.552 bits per heavy atom. The topological polar surface area (TPSA) is 254 Å². The molecule has 0 heterocycles. The first-order chi connectivity index (χ1) is 11.6. The van der Waals surface area contributed by atoms with Crippen LogP contribution in [0.2, 0.25) is 0 Å². The van der Waals surface area contributed by atoms with Gasteiger partial charge in [-0.2, -0.15) is 0 Å². The van der Waals surface area contributed by atoms with E-state index in [9.17, 15) is 0 Å². The van der Waals surface area contributed by atoms with Crippen LogP contribution in [-0.4, -0.2) is 141 Å². The molecule has 0 rings (SSSR count). The van der Waals surface area contributed by atoms with Crippen molar-refractivity contribution in [2.75, 3.05) is 78.9 Å². The fourth-order valence-electron chi connectivity index (χ4n) is 1.52. The molecule has 0 saturated carbocycles. The number of rotatable bonds is 13. The average molecular weight is 476 g/mol. The Bertz CT molecular complexity index is 166. The molecular weight excluding hydrogens is 428 g/mol. The van der Waals surface area contributed by atoms with Gasteiger partial charge in [0.15, 0.2) is 0 Å². The molecule has 14 N–H and O–H groups in total. The van der Waals surface area contributed by atoms with Crippen molar-refractivity contribution in [3.05, 3.63) is 0 Å². The number of hydrogen-bond acceptors (Lipinski definition) is 8. The summed E-state index contributed by atoms with van der Waals surface area (Å²) >= 11 is 0. The van der Waals surface area contributed by atoms with Crippen LogP contribution in [0.25, 0.3) is 0 Å². The van der Waals surface area contributed by atoms with Crippen LogP contribution < -0.4 is 0 Å². The van der Waals surface area contributed by atoms with Crippen LogP contribution in [0.4, 0.5) is 0 Å². The number of aliphatic hydroxyl groups excluding tert-OH is 6. The third-order valence-corrected chi connectivity index (χ3v) is 3.00. The second kappa shape index (κ2) is 51.1. The SMILES string of the molecule is CCCC.O.O.O.O.OCCN(CCO)CCO.OCCN(CCO)CCO.[Ti]. The minimum absolute atomic E-state index is 0. The average Bonchev–Trinajstić information content (AvgIpc) is 2.57. The Morgan fingerprint density at radius 1 is 0.414 bits per heavy atom. The summed E-state index contributed by atoms with van der Waals surface area (Å²) < 4.78 is 0. The largest absolute Gasteiger partial charge is 0.412 e. The predicted octanol–water partition coefficient (Wildman–Crippen LogP) is -4.96. The molecule has 186 valence electrons. The molecule has 0 fully saturated rings. The van der Waals surface area contributed by atoms with Crippen LogP contribution in [-0.2, 0) is 21.7 Å². The molecule has 0 atom stereocenters. The van der Waals surface area contributed by atoms with Crippen LogP contribution in [0.1, 0.15) is 26.7 Å². The summed E-state index contributed by atoms with van der Waals surface area (Å²) in [6.45, 7) is 7.87. The van der Waals surface area contributed by atoms with E-state index in [1.807, 2.05) is 0 Å². The summed E-state index contributed by atoms with van der Waals surface area (Å²) in [6, 6.07) is 0. The molecule has 0 aliphatic rings. The molecular formula is C16H48N2O10Ti. The van der Waals surface area contributed by atoms with Crippen molar-refractivity contribution in [3.8, 4) is 0 Å². The standard InChI is InChI=1S/2C6H15NO3.C4H10.4H2O.Ti/c2*8-4-1-7(2-5-9)3-6-10;1-3-4-2;;;;;/h2*8-10H,1-6H2;3-4H2,1-2H3;4*1H2;. The molecule has 0 aliphatic carbocycles. The van der Waals surface area contributed by atoms with Crippen molar-refractivity contribution in [2.24, 2.45) is 0 Å². The number of nitrogens with zero attached hydrogens (tertiary/aromatic N) is 2. The van der Waals surface area contributed by atoms with Crippen molar-refractivity contribution < 1.29 is 74.3 Å². The molecule has 0 unspecified atom stereocenters. The molecule has 29 heavy (non-hydrogen) atoms. The Labute approximate surface area is 189 Å². The van der Waals surface area contributed by atoms with Crippen molar-refractivity contribution in [2.45, 2.75) is 26.7 Å². The van der Waals surface area contributed by atoms with Gasteiger partial charge in [-0.05, 0) is 0 Å². The van der Waals surface area contributed by atoms with E-state index in [0.717, 1.165) is 0 Å². The third-order valence-electron chi connectivity index (χ3n) is 3.00. The molecule has 0 amide bonds. The Kier molecular flexibility index (Phi) is 91.2. The minimum atomic E-state index is 0. The molecule has 0 spiro atoms. The molecule has 0 bridgehead atoms. The molecule has 0 radical (unpaired) electrons. The summed E-state index contributed by atoms with van der Waals surface area (Å²) in [6.07, 6.45) is 2.64. The van der Waals surface area contributed by atoms with Gasteiger partial charge in [-0.3, -0.25) is 9.80 Å². The van der Waals surface area contributed by atoms with E-state index >= 15 is 0 Å². The van der Waals surface area contributed by atoms with Crippen molar-refractivity contribution in [1.82, 2.24) is 9.80 Å². The quantitative estimate of drug-likeness (QED) is 0.140. The van der Waals surface area contributed by atoms with E-state index in [1.165, 1.54) is 12.8 Å². The van der Waals surface area contributed by atoms with E-state index in [1.54, 1.807) is 9.80 Å². The van der Waals surface area contributed by atoms with Gasteiger partial charge in [0.25, 0.3) is 0 Å². The van der Waals surface area contributed by atoms with Gasteiger partial charge >= 0.3 is 0 Å². The van der Waals surface area contributed by atoms with Crippen LogP contribution in [0.5, 0.6) is 0 Å². The first-order valence-corrected chi connectivity index (χ1v) is 8.71. The fourth-order valence-corrected chi connectivity index (χ4v) is 1.52.